The SMILES string of the molecule is CCNC(=O)[C@@H](Cc1ccccc1)N(Cc1ccc(Br)cc1)C(=O)CCCN(c1cccc(C)c1)S(C)(=O)=O. The fourth-order valence-electron chi connectivity index (χ4n) is 4.42. The smallest absolute Gasteiger partial charge is 0.243 e. The molecule has 0 aliphatic carbocycles. The fourth-order valence-corrected chi connectivity index (χ4v) is 5.64. The lowest BCUT2D eigenvalue weighted by molar-refractivity contribution is -0.141. The van der Waals surface area contributed by atoms with Crippen LogP contribution in [0, 0.1) is 6.92 Å². The molecule has 0 radical (unpaired) electrons. The van der Waals surface area contributed by atoms with Crippen LogP contribution in [0.25, 0.3) is 0 Å². The molecule has 0 bridgehead atoms. The number of benzene rings is 3. The Morgan fingerprint density at radius 2 is 1.64 bits per heavy atom. The van der Waals surface area contributed by atoms with Crippen LogP contribution < -0.4 is 9.62 Å². The minimum atomic E-state index is -3.54. The standard InChI is InChI=1S/C30H36BrN3O4S/c1-4-32-30(36)28(21-24-11-6-5-7-12-24)33(22-25-15-17-26(31)18-16-25)29(35)14-9-19-34(39(3,37)38)27-13-8-10-23(2)20-27/h5-8,10-13,15-18,20,28H,4,9,14,19,21-22H2,1-3H3,(H,32,36)/t28-/m1/s1. The molecule has 1 N–H and O–H groups in total. The van der Waals surface area contributed by atoms with Crippen molar-refractivity contribution in [1.29, 1.82) is 0 Å². The van der Waals surface area contributed by atoms with Gasteiger partial charge in [0.15, 0.2) is 0 Å². The number of rotatable bonds is 13. The van der Waals surface area contributed by atoms with Crippen molar-refractivity contribution in [2.24, 2.45) is 0 Å². The minimum absolute atomic E-state index is 0.0963. The molecule has 0 saturated heterocycles. The molecule has 3 aromatic rings. The molecule has 0 heterocycles. The highest BCUT2D eigenvalue weighted by atomic mass is 79.9. The third-order valence-electron chi connectivity index (χ3n) is 6.33. The maximum atomic E-state index is 13.7. The number of nitrogens with zero attached hydrogens (tertiary/aromatic N) is 2. The molecule has 0 unspecified atom stereocenters. The van der Waals surface area contributed by atoms with E-state index >= 15 is 0 Å². The molecule has 0 aromatic heterocycles. The number of hydrogen-bond acceptors (Lipinski definition) is 4. The van der Waals surface area contributed by atoms with E-state index in [0.717, 1.165) is 21.2 Å². The number of hydrogen-bond donors (Lipinski definition) is 1. The van der Waals surface area contributed by atoms with E-state index in [0.29, 0.717) is 25.1 Å². The first-order valence-corrected chi connectivity index (χ1v) is 15.6. The van der Waals surface area contributed by atoms with Crippen molar-refractivity contribution >= 4 is 43.5 Å². The molecule has 1 atom stereocenters. The summed E-state index contributed by atoms with van der Waals surface area (Å²) >= 11 is 3.45. The van der Waals surface area contributed by atoms with Gasteiger partial charge in [-0.1, -0.05) is 70.5 Å². The second kappa shape index (κ2) is 14.3. The number of nitrogens with one attached hydrogen (secondary N) is 1. The summed E-state index contributed by atoms with van der Waals surface area (Å²) in [5.41, 5.74) is 3.36. The predicted molar refractivity (Wildman–Crippen MR) is 160 cm³/mol. The van der Waals surface area contributed by atoms with Crippen molar-refractivity contribution in [2.45, 2.75) is 45.7 Å². The van der Waals surface area contributed by atoms with Crippen LogP contribution in [0.2, 0.25) is 0 Å². The molecular weight excluding hydrogens is 578 g/mol. The van der Waals surface area contributed by atoms with E-state index in [1.807, 2.05) is 86.6 Å². The molecule has 0 aliphatic rings. The molecule has 0 saturated carbocycles. The van der Waals surface area contributed by atoms with Gasteiger partial charge < -0.3 is 10.2 Å². The molecule has 7 nitrogen and oxygen atoms in total. The number of carbonyl (C=O) groups excluding carboxylic acids is 2. The van der Waals surface area contributed by atoms with Gasteiger partial charge in [0.25, 0.3) is 0 Å². The van der Waals surface area contributed by atoms with Gasteiger partial charge in [-0.3, -0.25) is 13.9 Å². The number of likely N-dealkylation sites (N-methyl/N-ethyl adjacent to an activating group) is 1. The first kappa shape index (κ1) is 30.4. The number of halogens is 1. The Labute approximate surface area is 240 Å². The van der Waals surface area contributed by atoms with Crippen LogP contribution in [0.4, 0.5) is 5.69 Å². The van der Waals surface area contributed by atoms with Crippen molar-refractivity contribution < 1.29 is 18.0 Å². The molecule has 0 aliphatic heterocycles. The highest BCUT2D eigenvalue weighted by Gasteiger charge is 2.30. The predicted octanol–water partition coefficient (Wildman–Crippen LogP) is 5.08. The third-order valence-corrected chi connectivity index (χ3v) is 8.05. The minimum Gasteiger partial charge on any atom is -0.355 e. The first-order valence-electron chi connectivity index (χ1n) is 13.0. The second-order valence-electron chi connectivity index (χ2n) is 9.53. The van der Waals surface area contributed by atoms with Crippen LogP contribution in [0.15, 0.2) is 83.3 Å². The lowest BCUT2D eigenvalue weighted by Crippen LogP contribution is -2.50. The van der Waals surface area contributed by atoms with E-state index in [4.69, 9.17) is 0 Å². The summed E-state index contributed by atoms with van der Waals surface area (Å²) in [6, 6.07) is 23.8. The summed E-state index contributed by atoms with van der Waals surface area (Å²) < 4.78 is 27.4. The van der Waals surface area contributed by atoms with Crippen molar-refractivity contribution in [2.75, 3.05) is 23.7 Å². The van der Waals surface area contributed by atoms with Gasteiger partial charge in [-0.25, -0.2) is 8.42 Å². The Hall–Kier alpha value is -3.17. The molecular formula is C30H36BrN3O4S. The van der Waals surface area contributed by atoms with Gasteiger partial charge in [-0.2, -0.15) is 0 Å². The maximum Gasteiger partial charge on any atom is 0.243 e. The number of aryl methyl sites for hydroxylation is 1. The van der Waals surface area contributed by atoms with Gasteiger partial charge in [0.1, 0.15) is 6.04 Å². The van der Waals surface area contributed by atoms with Crippen molar-refractivity contribution in [3.63, 3.8) is 0 Å². The van der Waals surface area contributed by atoms with Crippen LogP contribution in [0.5, 0.6) is 0 Å². The first-order chi connectivity index (χ1) is 18.6. The van der Waals surface area contributed by atoms with E-state index in [1.165, 1.54) is 10.6 Å². The average Bonchev–Trinajstić information content (AvgIpc) is 2.89. The second-order valence-corrected chi connectivity index (χ2v) is 12.3. The van der Waals surface area contributed by atoms with Gasteiger partial charge in [-0.05, 0) is 61.2 Å². The van der Waals surface area contributed by atoms with E-state index < -0.39 is 16.1 Å². The highest BCUT2D eigenvalue weighted by Crippen LogP contribution is 2.21. The zero-order chi connectivity index (χ0) is 28.4. The monoisotopic (exact) mass is 613 g/mol. The Morgan fingerprint density at radius 3 is 2.26 bits per heavy atom. The van der Waals surface area contributed by atoms with Crippen LogP contribution in [0.1, 0.15) is 36.5 Å². The third kappa shape index (κ3) is 9.21. The maximum absolute atomic E-state index is 13.7. The molecule has 0 spiro atoms. The summed E-state index contributed by atoms with van der Waals surface area (Å²) in [6.45, 7) is 4.62. The zero-order valence-corrected chi connectivity index (χ0v) is 25.0. The van der Waals surface area contributed by atoms with Gasteiger partial charge in [-0.15, -0.1) is 0 Å². The molecule has 3 aromatic carbocycles. The van der Waals surface area contributed by atoms with E-state index in [1.54, 1.807) is 11.0 Å². The van der Waals surface area contributed by atoms with E-state index in [9.17, 15) is 18.0 Å². The lowest BCUT2D eigenvalue weighted by Gasteiger charge is -2.32. The summed E-state index contributed by atoms with van der Waals surface area (Å²) in [7, 11) is -3.54. The Balaban J connectivity index is 1.85. The molecule has 39 heavy (non-hydrogen) atoms. The van der Waals surface area contributed by atoms with Gasteiger partial charge in [0.2, 0.25) is 21.8 Å². The van der Waals surface area contributed by atoms with Crippen LogP contribution in [-0.4, -0.2) is 50.5 Å². The Morgan fingerprint density at radius 1 is 0.949 bits per heavy atom. The number of anilines is 1. The van der Waals surface area contributed by atoms with Crippen LogP contribution >= 0.6 is 15.9 Å². The summed E-state index contributed by atoms with van der Waals surface area (Å²) in [4.78, 5) is 28.6. The fraction of sp³-hybridized carbons (Fsp3) is 0.333. The Bertz CT molecular complexity index is 1350. The van der Waals surface area contributed by atoms with Gasteiger partial charge in [0, 0.05) is 36.9 Å². The molecule has 0 fully saturated rings. The topological polar surface area (TPSA) is 86.8 Å². The van der Waals surface area contributed by atoms with Crippen LogP contribution in [-0.2, 0) is 32.6 Å². The Kier molecular flexibility index (Phi) is 11.1. The van der Waals surface area contributed by atoms with Crippen LogP contribution in [0.3, 0.4) is 0 Å². The largest absolute Gasteiger partial charge is 0.355 e. The molecule has 3 rings (SSSR count). The summed E-state index contributed by atoms with van der Waals surface area (Å²) in [5, 5.41) is 2.89. The molecule has 2 amide bonds. The van der Waals surface area contributed by atoms with E-state index in [-0.39, 0.29) is 31.3 Å². The number of sulfonamides is 1. The summed E-state index contributed by atoms with van der Waals surface area (Å²) in [6.07, 6.45) is 1.94. The molecule has 9 heteroatoms. The average molecular weight is 615 g/mol. The van der Waals surface area contributed by atoms with Crippen molar-refractivity contribution in [3.05, 3.63) is 100 Å². The number of amides is 2. The van der Waals surface area contributed by atoms with Gasteiger partial charge >= 0.3 is 0 Å². The lowest BCUT2D eigenvalue weighted by atomic mass is 10.0. The highest BCUT2D eigenvalue weighted by molar-refractivity contribution is 9.10. The van der Waals surface area contributed by atoms with Crippen molar-refractivity contribution in [3.8, 4) is 0 Å². The van der Waals surface area contributed by atoms with Crippen molar-refractivity contribution in [1.82, 2.24) is 10.2 Å². The molecule has 208 valence electrons. The normalized spacial score (nSPS) is 12.0. The number of carbonyl (C=O) groups is 2. The summed E-state index contributed by atoms with van der Waals surface area (Å²) in [5.74, 6) is -0.424. The van der Waals surface area contributed by atoms with Gasteiger partial charge in [0.05, 0.1) is 11.9 Å². The zero-order valence-electron chi connectivity index (χ0n) is 22.6. The quantitative estimate of drug-likeness (QED) is 0.291. The van der Waals surface area contributed by atoms with E-state index in [2.05, 4.69) is 21.2 Å².